The highest BCUT2D eigenvalue weighted by Gasteiger charge is 2.50. The summed E-state index contributed by atoms with van der Waals surface area (Å²) in [7, 11) is -3.40. The highest BCUT2D eigenvalue weighted by atomic mass is 32.2. The Balaban J connectivity index is 1.61. The summed E-state index contributed by atoms with van der Waals surface area (Å²) in [6.07, 6.45) is 6.12. The van der Waals surface area contributed by atoms with Gasteiger partial charge in [-0.25, -0.2) is 22.6 Å². The van der Waals surface area contributed by atoms with Crippen LogP contribution in [0, 0.1) is 0 Å². The van der Waals surface area contributed by atoms with Crippen molar-refractivity contribution in [3.05, 3.63) is 78.5 Å². The maximum absolute atomic E-state index is 11.9. The van der Waals surface area contributed by atoms with Gasteiger partial charge in [-0.3, -0.25) is 4.98 Å². The molecule has 3 aromatic heterocycles. The summed E-state index contributed by atoms with van der Waals surface area (Å²) in [6, 6.07) is 17.8. The molecular formula is C22H22N6O2S. The minimum atomic E-state index is -3.40. The number of sulfonamides is 1. The van der Waals surface area contributed by atoms with E-state index in [4.69, 9.17) is 4.98 Å². The number of nitrogens with one attached hydrogen (secondary N) is 2. The van der Waals surface area contributed by atoms with E-state index in [0.29, 0.717) is 31.0 Å². The third-order valence-electron chi connectivity index (χ3n) is 5.32. The minimum Gasteiger partial charge on any atom is -0.363 e. The van der Waals surface area contributed by atoms with Gasteiger partial charge in [0.25, 0.3) is 0 Å². The van der Waals surface area contributed by atoms with Crippen LogP contribution >= 0.6 is 0 Å². The Bertz CT molecular complexity index is 1330. The third kappa shape index (κ3) is 4.01. The van der Waals surface area contributed by atoms with Crippen molar-refractivity contribution in [2.45, 2.75) is 24.9 Å². The van der Waals surface area contributed by atoms with Gasteiger partial charge in [-0.1, -0.05) is 36.4 Å². The van der Waals surface area contributed by atoms with E-state index in [1.807, 2.05) is 60.8 Å². The molecule has 0 bridgehead atoms. The van der Waals surface area contributed by atoms with Crippen molar-refractivity contribution in [2.24, 2.45) is 0 Å². The van der Waals surface area contributed by atoms with Crippen molar-refractivity contribution in [2.75, 3.05) is 11.6 Å². The molecule has 0 amide bonds. The van der Waals surface area contributed by atoms with Crippen LogP contribution in [0.1, 0.15) is 24.4 Å². The maximum Gasteiger partial charge on any atom is 0.209 e. The summed E-state index contributed by atoms with van der Waals surface area (Å²) in [6.45, 7) is 0.485. The minimum absolute atomic E-state index is 0.462. The molecule has 0 spiro atoms. The van der Waals surface area contributed by atoms with Gasteiger partial charge in [-0.2, -0.15) is 5.10 Å². The van der Waals surface area contributed by atoms with Crippen molar-refractivity contribution >= 4 is 21.4 Å². The van der Waals surface area contributed by atoms with E-state index in [-0.39, 0.29) is 0 Å². The van der Waals surface area contributed by atoms with Gasteiger partial charge < -0.3 is 5.32 Å². The van der Waals surface area contributed by atoms with Crippen LogP contribution in [-0.4, -0.2) is 34.3 Å². The van der Waals surface area contributed by atoms with Crippen LogP contribution in [0.3, 0.4) is 0 Å². The van der Waals surface area contributed by atoms with Gasteiger partial charge in [-0.05, 0) is 36.6 Å². The zero-order valence-corrected chi connectivity index (χ0v) is 17.8. The van der Waals surface area contributed by atoms with Crippen LogP contribution in [0.4, 0.5) is 5.82 Å². The van der Waals surface area contributed by atoms with Gasteiger partial charge in [0.15, 0.2) is 11.6 Å². The largest absolute Gasteiger partial charge is 0.363 e. The molecule has 0 radical (unpaired) electrons. The molecule has 4 aromatic rings. The number of pyridine rings is 1. The Labute approximate surface area is 180 Å². The average molecular weight is 435 g/mol. The van der Waals surface area contributed by atoms with Crippen LogP contribution < -0.4 is 10.0 Å². The summed E-state index contributed by atoms with van der Waals surface area (Å²) >= 11 is 0. The molecule has 1 aliphatic carbocycles. The van der Waals surface area contributed by atoms with E-state index in [9.17, 15) is 8.42 Å². The molecule has 1 aromatic carbocycles. The monoisotopic (exact) mass is 434 g/mol. The van der Waals surface area contributed by atoms with Crippen LogP contribution in [0.25, 0.3) is 16.6 Å². The quantitative estimate of drug-likeness (QED) is 0.464. The summed E-state index contributed by atoms with van der Waals surface area (Å²) in [5, 5.41) is 8.07. The van der Waals surface area contributed by atoms with Crippen LogP contribution in [-0.2, 0) is 22.1 Å². The van der Waals surface area contributed by atoms with E-state index in [2.05, 4.69) is 20.1 Å². The highest BCUT2D eigenvalue weighted by Crippen LogP contribution is 2.45. The molecule has 1 aliphatic rings. The van der Waals surface area contributed by atoms with Gasteiger partial charge in [0.1, 0.15) is 5.52 Å². The fourth-order valence-electron chi connectivity index (χ4n) is 3.73. The van der Waals surface area contributed by atoms with Gasteiger partial charge in [-0.15, -0.1) is 0 Å². The number of hydrogen-bond donors (Lipinski definition) is 2. The van der Waals surface area contributed by atoms with Crippen molar-refractivity contribution in [3.8, 4) is 11.1 Å². The zero-order chi connectivity index (χ0) is 21.5. The van der Waals surface area contributed by atoms with Crippen LogP contribution in [0.15, 0.2) is 67.0 Å². The first kappa shape index (κ1) is 19.7. The van der Waals surface area contributed by atoms with Gasteiger partial charge in [0.05, 0.1) is 24.0 Å². The third-order valence-corrected chi connectivity index (χ3v) is 6.08. The van der Waals surface area contributed by atoms with E-state index < -0.39 is 15.6 Å². The zero-order valence-electron chi connectivity index (χ0n) is 17.0. The maximum atomic E-state index is 11.9. The second-order valence-corrected chi connectivity index (χ2v) is 9.55. The number of rotatable bonds is 7. The molecule has 31 heavy (non-hydrogen) atoms. The summed E-state index contributed by atoms with van der Waals surface area (Å²) in [5.74, 6) is 1.10. The number of benzene rings is 1. The SMILES string of the molecule is CS(=O)(=O)NC1(c2nc(NCc3ccccn3)c3c(-c4ccccc4)ccn3n2)CC1. The van der Waals surface area contributed by atoms with Gasteiger partial charge in [0.2, 0.25) is 10.0 Å². The summed E-state index contributed by atoms with van der Waals surface area (Å²) < 4.78 is 28.3. The molecule has 0 aliphatic heterocycles. The lowest BCUT2D eigenvalue weighted by Gasteiger charge is -2.17. The highest BCUT2D eigenvalue weighted by molar-refractivity contribution is 7.88. The topological polar surface area (TPSA) is 101 Å². The Hall–Kier alpha value is -3.30. The number of fused-ring (bicyclic) bond motifs is 1. The van der Waals surface area contributed by atoms with Crippen molar-refractivity contribution in [1.82, 2.24) is 24.3 Å². The van der Waals surface area contributed by atoms with Crippen LogP contribution in [0.2, 0.25) is 0 Å². The Morgan fingerprint density at radius 2 is 1.84 bits per heavy atom. The summed E-state index contributed by atoms with van der Waals surface area (Å²) in [5.41, 5.74) is 3.01. The number of anilines is 1. The predicted octanol–water partition coefficient (Wildman–Crippen LogP) is 2.94. The molecule has 3 heterocycles. The first-order chi connectivity index (χ1) is 14.9. The van der Waals surface area contributed by atoms with Crippen molar-refractivity contribution < 1.29 is 8.42 Å². The molecule has 0 saturated heterocycles. The number of hydrogen-bond acceptors (Lipinski definition) is 6. The molecule has 8 nitrogen and oxygen atoms in total. The molecular weight excluding hydrogens is 412 g/mol. The second kappa shape index (κ2) is 7.44. The first-order valence-corrected chi connectivity index (χ1v) is 11.9. The van der Waals surface area contributed by atoms with Gasteiger partial charge in [0, 0.05) is 18.0 Å². The van der Waals surface area contributed by atoms with E-state index >= 15 is 0 Å². The van der Waals surface area contributed by atoms with Crippen LogP contribution in [0.5, 0.6) is 0 Å². The summed E-state index contributed by atoms with van der Waals surface area (Å²) in [4.78, 5) is 9.16. The molecule has 5 rings (SSSR count). The fraction of sp³-hybridized carbons (Fsp3) is 0.227. The molecule has 9 heteroatoms. The average Bonchev–Trinajstić information content (AvgIpc) is 3.40. The lowest BCUT2D eigenvalue weighted by molar-refractivity contribution is 0.536. The smallest absolute Gasteiger partial charge is 0.209 e. The molecule has 0 unspecified atom stereocenters. The second-order valence-electron chi connectivity index (χ2n) is 7.80. The molecule has 2 N–H and O–H groups in total. The predicted molar refractivity (Wildman–Crippen MR) is 119 cm³/mol. The molecule has 158 valence electrons. The lowest BCUT2D eigenvalue weighted by atomic mass is 10.1. The first-order valence-electron chi connectivity index (χ1n) is 10.0. The van der Waals surface area contributed by atoms with E-state index in [1.54, 1.807) is 10.7 Å². The Morgan fingerprint density at radius 1 is 1.06 bits per heavy atom. The molecule has 1 saturated carbocycles. The number of nitrogens with zero attached hydrogens (tertiary/aromatic N) is 4. The fourth-order valence-corrected chi connectivity index (χ4v) is 4.73. The molecule has 0 atom stereocenters. The number of aromatic nitrogens is 4. The van der Waals surface area contributed by atoms with Crippen molar-refractivity contribution in [1.29, 1.82) is 0 Å². The lowest BCUT2D eigenvalue weighted by Crippen LogP contribution is -2.36. The Morgan fingerprint density at radius 3 is 2.52 bits per heavy atom. The molecule has 1 fully saturated rings. The van der Waals surface area contributed by atoms with E-state index in [1.165, 1.54) is 0 Å². The van der Waals surface area contributed by atoms with E-state index in [0.717, 1.165) is 28.6 Å². The van der Waals surface area contributed by atoms with Crippen molar-refractivity contribution in [3.63, 3.8) is 0 Å². The standard InChI is InChI=1S/C22H22N6O2S/c1-31(29,30)27-22(11-12-22)21-25-20(24-15-17-9-5-6-13-23-17)19-18(10-14-28(19)26-21)16-7-3-2-4-8-16/h2-10,13-14,27H,11-12,15H2,1H3,(H,24,25,26). The Kier molecular flexibility index (Phi) is 4.71. The normalized spacial score (nSPS) is 15.1. The van der Waals surface area contributed by atoms with Gasteiger partial charge >= 0.3 is 0 Å².